The first-order valence-corrected chi connectivity index (χ1v) is 8.44. The molecule has 1 heterocycles. The lowest BCUT2D eigenvalue weighted by Crippen LogP contribution is -2.14. The molecule has 0 spiro atoms. The van der Waals surface area contributed by atoms with Gasteiger partial charge in [0.05, 0.1) is 12.2 Å². The topological polar surface area (TPSA) is 80.4 Å². The Morgan fingerprint density at radius 1 is 1.17 bits per heavy atom. The van der Waals surface area contributed by atoms with Crippen molar-refractivity contribution in [2.45, 2.75) is 13.8 Å². The number of aromatic nitrogens is 1. The van der Waals surface area contributed by atoms with Crippen molar-refractivity contribution in [3.8, 4) is 0 Å². The minimum atomic E-state index is -0.466. The number of hydrogen-bond acceptors (Lipinski definition) is 4. The van der Waals surface area contributed by atoms with Gasteiger partial charge in [0.25, 0.3) is 5.91 Å². The summed E-state index contributed by atoms with van der Waals surface area (Å²) in [6.07, 6.45) is 0. The second kappa shape index (κ2) is 8.29. The number of carbonyl (C=O) groups is 2. The third-order valence-corrected chi connectivity index (χ3v) is 4.21. The van der Waals surface area contributed by atoms with Gasteiger partial charge in [0, 0.05) is 22.1 Å². The molecule has 0 fully saturated rings. The summed E-state index contributed by atoms with van der Waals surface area (Å²) in [7, 11) is 1.54. The number of esters is 1. The van der Waals surface area contributed by atoms with Crippen LogP contribution in [0.15, 0.2) is 24.3 Å². The number of methoxy groups -OCH3 is 1. The van der Waals surface area contributed by atoms with Crippen molar-refractivity contribution < 1.29 is 19.1 Å². The number of anilines is 1. The summed E-state index contributed by atoms with van der Waals surface area (Å²) in [6.45, 7) is 3.96. The minimum Gasteiger partial charge on any atom is -0.460 e. The van der Waals surface area contributed by atoms with Gasteiger partial charge in [0.2, 0.25) is 0 Å². The molecule has 6 nitrogen and oxygen atoms in total. The Kier molecular flexibility index (Phi) is 6.38. The molecule has 7 heteroatoms. The van der Waals surface area contributed by atoms with Crippen molar-refractivity contribution in [2.75, 3.05) is 25.6 Å². The van der Waals surface area contributed by atoms with Crippen molar-refractivity contribution >= 4 is 40.2 Å². The van der Waals surface area contributed by atoms with E-state index in [9.17, 15) is 9.59 Å². The fourth-order valence-corrected chi connectivity index (χ4v) is 2.66. The standard InChI is InChI=1S/C17H19IN2O4/c1-10-14(17(22)24-9-8-23-3)11(2)19-15(10)16(21)20-13-6-4-12(18)5-7-13/h4-7,19H,8-9H2,1-3H3,(H,20,21). The molecule has 1 amide bonds. The van der Waals surface area contributed by atoms with Gasteiger partial charge >= 0.3 is 5.97 Å². The number of H-pyrrole nitrogens is 1. The summed E-state index contributed by atoms with van der Waals surface area (Å²) >= 11 is 2.20. The van der Waals surface area contributed by atoms with E-state index in [2.05, 4.69) is 32.9 Å². The second-order valence-corrected chi connectivity index (χ2v) is 6.46. The van der Waals surface area contributed by atoms with Crippen LogP contribution in [0.3, 0.4) is 0 Å². The maximum absolute atomic E-state index is 12.5. The van der Waals surface area contributed by atoms with Crippen LogP contribution in [-0.4, -0.2) is 37.2 Å². The average molecular weight is 442 g/mol. The van der Waals surface area contributed by atoms with E-state index in [0.29, 0.717) is 34.8 Å². The van der Waals surface area contributed by atoms with E-state index in [1.165, 1.54) is 7.11 Å². The highest BCUT2D eigenvalue weighted by Gasteiger charge is 2.23. The van der Waals surface area contributed by atoms with Gasteiger partial charge in [-0.25, -0.2) is 4.79 Å². The van der Waals surface area contributed by atoms with Crippen LogP contribution in [0.2, 0.25) is 0 Å². The van der Waals surface area contributed by atoms with Crippen LogP contribution < -0.4 is 5.32 Å². The van der Waals surface area contributed by atoms with Gasteiger partial charge < -0.3 is 19.8 Å². The Bertz CT molecular complexity index is 738. The van der Waals surface area contributed by atoms with Crippen molar-refractivity contribution in [2.24, 2.45) is 0 Å². The van der Waals surface area contributed by atoms with Gasteiger partial charge in [-0.3, -0.25) is 4.79 Å². The Morgan fingerprint density at radius 3 is 2.46 bits per heavy atom. The largest absolute Gasteiger partial charge is 0.460 e. The zero-order chi connectivity index (χ0) is 17.7. The molecular formula is C17H19IN2O4. The SMILES string of the molecule is COCCOC(=O)c1c(C)[nH]c(C(=O)Nc2ccc(I)cc2)c1C. The predicted molar refractivity (Wildman–Crippen MR) is 99.5 cm³/mol. The van der Waals surface area contributed by atoms with Crippen LogP contribution in [0, 0.1) is 17.4 Å². The maximum Gasteiger partial charge on any atom is 0.340 e. The molecule has 2 aromatic rings. The second-order valence-electron chi connectivity index (χ2n) is 5.21. The van der Waals surface area contributed by atoms with E-state index >= 15 is 0 Å². The summed E-state index contributed by atoms with van der Waals surface area (Å²) in [6, 6.07) is 7.46. The van der Waals surface area contributed by atoms with Crippen molar-refractivity contribution in [3.63, 3.8) is 0 Å². The highest BCUT2D eigenvalue weighted by Crippen LogP contribution is 2.20. The molecule has 0 saturated heterocycles. The number of amides is 1. The summed E-state index contributed by atoms with van der Waals surface area (Å²) in [4.78, 5) is 27.6. The number of halogens is 1. The van der Waals surface area contributed by atoms with Crippen LogP contribution in [0.4, 0.5) is 5.69 Å². The number of rotatable bonds is 6. The molecule has 0 radical (unpaired) electrons. The fourth-order valence-electron chi connectivity index (χ4n) is 2.30. The van der Waals surface area contributed by atoms with E-state index in [4.69, 9.17) is 9.47 Å². The number of ether oxygens (including phenoxy) is 2. The fraction of sp³-hybridized carbons (Fsp3) is 0.294. The average Bonchev–Trinajstić information content (AvgIpc) is 2.84. The summed E-state index contributed by atoms with van der Waals surface area (Å²) < 4.78 is 11.1. The van der Waals surface area contributed by atoms with Gasteiger partial charge in [-0.2, -0.15) is 0 Å². The van der Waals surface area contributed by atoms with Crippen LogP contribution in [0.25, 0.3) is 0 Å². The van der Waals surface area contributed by atoms with Gasteiger partial charge in [-0.05, 0) is 66.3 Å². The lowest BCUT2D eigenvalue weighted by molar-refractivity contribution is 0.0387. The first-order chi connectivity index (χ1) is 11.4. The van der Waals surface area contributed by atoms with Gasteiger partial charge in [-0.15, -0.1) is 0 Å². The van der Waals surface area contributed by atoms with Gasteiger partial charge in [0.1, 0.15) is 12.3 Å². The first-order valence-electron chi connectivity index (χ1n) is 7.36. The third kappa shape index (κ3) is 4.35. The molecular weight excluding hydrogens is 423 g/mol. The molecule has 1 aromatic heterocycles. The zero-order valence-electron chi connectivity index (χ0n) is 13.7. The van der Waals surface area contributed by atoms with E-state index in [1.54, 1.807) is 13.8 Å². The molecule has 0 atom stereocenters. The summed E-state index contributed by atoms with van der Waals surface area (Å²) in [5.41, 5.74) is 2.60. The Balaban J connectivity index is 2.16. The molecule has 0 aliphatic heterocycles. The van der Waals surface area contributed by atoms with E-state index in [1.807, 2.05) is 24.3 Å². The van der Waals surface area contributed by atoms with Crippen LogP contribution in [-0.2, 0) is 9.47 Å². The van der Waals surface area contributed by atoms with Crippen molar-refractivity contribution in [1.82, 2.24) is 4.98 Å². The molecule has 0 bridgehead atoms. The molecule has 128 valence electrons. The molecule has 24 heavy (non-hydrogen) atoms. The number of nitrogens with one attached hydrogen (secondary N) is 2. The molecule has 0 aliphatic rings. The number of aromatic amines is 1. The van der Waals surface area contributed by atoms with E-state index in [-0.39, 0.29) is 12.5 Å². The Morgan fingerprint density at radius 2 is 1.83 bits per heavy atom. The number of benzene rings is 1. The smallest absolute Gasteiger partial charge is 0.340 e. The van der Waals surface area contributed by atoms with E-state index in [0.717, 1.165) is 3.57 Å². The maximum atomic E-state index is 12.5. The molecule has 2 N–H and O–H groups in total. The monoisotopic (exact) mass is 442 g/mol. The van der Waals surface area contributed by atoms with Crippen molar-refractivity contribution in [3.05, 3.63) is 50.4 Å². The zero-order valence-corrected chi connectivity index (χ0v) is 15.9. The predicted octanol–water partition coefficient (Wildman–Crippen LogP) is 3.29. The summed E-state index contributed by atoms with van der Waals surface area (Å²) in [5, 5.41) is 2.81. The molecule has 0 unspecified atom stereocenters. The lowest BCUT2D eigenvalue weighted by atomic mass is 10.1. The molecule has 1 aromatic carbocycles. The van der Waals surface area contributed by atoms with E-state index < -0.39 is 5.97 Å². The lowest BCUT2D eigenvalue weighted by Gasteiger charge is -2.06. The van der Waals surface area contributed by atoms with Crippen LogP contribution >= 0.6 is 22.6 Å². The number of carbonyl (C=O) groups excluding carboxylic acids is 2. The quantitative estimate of drug-likeness (QED) is 0.409. The third-order valence-electron chi connectivity index (χ3n) is 3.49. The summed E-state index contributed by atoms with van der Waals surface area (Å²) in [5.74, 6) is -0.764. The Hall–Kier alpha value is -1.87. The van der Waals surface area contributed by atoms with Crippen LogP contribution in [0.1, 0.15) is 32.1 Å². The van der Waals surface area contributed by atoms with Crippen molar-refractivity contribution in [1.29, 1.82) is 0 Å². The number of aryl methyl sites for hydroxylation is 1. The van der Waals surface area contributed by atoms with Gasteiger partial charge in [-0.1, -0.05) is 0 Å². The van der Waals surface area contributed by atoms with Gasteiger partial charge in [0.15, 0.2) is 0 Å². The highest BCUT2D eigenvalue weighted by atomic mass is 127. The first kappa shape index (κ1) is 18.5. The Labute approximate surface area is 154 Å². The van der Waals surface area contributed by atoms with Crippen LogP contribution in [0.5, 0.6) is 0 Å². The molecule has 0 aliphatic carbocycles. The highest BCUT2D eigenvalue weighted by molar-refractivity contribution is 14.1. The number of hydrogen-bond donors (Lipinski definition) is 2. The molecule has 2 rings (SSSR count). The molecule has 0 saturated carbocycles. The normalized spacial score (nSPS) is 10.5. The minimum absolute atomic E-state index is 0.170.